The number of aryl methyl sites for hydroxylation is 2. The molecule has 0 saturated carbocycles. The topological polar surface area (TPSA) is 26.0 Å². The first-order chi connectivity index (χ1) is 8.47. The van der Waals surface area contributed by atoms with E-state index in [0.717, 1.165) is 22.3 Å². The number of hydrogen-bond donors (Lipinski definition) is 1. The van der Waals surface area contributed by atoms with Crippen molar-refractivity contribution in [2.75, 3.05) is 0 Å². The fraction of sp³-hybridized carbons (Fsp3) is 0.200. The van der Waals surface area contributed by atoms with Crippen LogP contribution in [0.15, 0.2) is 36.4 Å². The van der Waals surface area contributed by atoms with E-state index in [0.29, 0.717) is 5.02 Å². The van der Waals surface area contributed by atoms with Crippen molar-refractivity contribution in [2.24, 2.45) is 5.73 Å². The van der Waals surface area contributed by atoms with E-state index in [1.165, 1.54) is 12.1 Å². The molecule has 0 radical (unpaired) electrons. The van der Waals surface area contributed by atoms with Gasteiger partial charge < -0.3 is 5.73 Å². The summed E-state index contributed by atoms with van der Waals surface area (Å²) >= 11 is 6.02. The fourth-order valence-corrected chi connectivity index (χ4v) is 2.37. The van der Waals surface area contributed by atoms with Gasteiger partial charge in [-0.2, -0.15) is 0 Å². The highest BCUT2D eigenvalue weighted by Gasteiger charge is 2.13. The van der Waals surface area contributed by atoms with Crippen LogP contribution in [0.3, 0.4) is 0 Å². The van der Waals surface area contributed by atoms with Gasteiger partial charge in [-0.3, -0.25) is 0 Å². The Labute approximate surface area is 111 Å². The second-order valence-corrected chi connectivity index (χ2v) is 4.98. The first-order valence-electron chi connectivity index (χ1n) is 5.76. The molecule has 2 rings (SSSR count). The summed E-state index contributed by atoms with van der Waals surface area (Å²) in [6.07, 6.45) is 0. The molecule has 0 aliphatic rings. The highest BCUT2D eigenvalue weighted by molar-refractivity contribution is 6.30. The smallest absolute Gasteiger partial charge is 0.123 e. The molecule has 18 heavy (non-hydrogen) atoms. The predicted molar refractivity (Wildman–Crippen MR) is 73.4 cm³/mol. The van der Waals surface area contributed by atoms with Crippen LogP contribution in [0.4, 0.5) is 4.39 Å². The minimum absolute atomic E-state index is 0.273. The van der Waals surface area contributed by atoms with Gasteiger partial charge in [0.2, 0.25) is 0 Å². The van der Waals surface area contributed by atoms with Crippen LogP contribution in [-0.4, -0.2) is 0 Å². The fourth-order valence-electron chi connectivity index (χ4n) is 2.07. The van der Waals surface area contributed by atoms with Crippen LogP contribution in [0.25, 0.3) is 0 Å². The van der Waals surface area contributed by atoms with Crippen molar-refractivity contribution in [3.05, 3.63) is 69.5 Å². The Morgan fingerprint density at radius 1 is 1.11 bits per heavy atom. The van der Waals surface area contributed by atoms with Gasteiger partial charge in [0, 0.05) is 5.02 Å². The molecule has 0 spiro atoms. The van der Waals surface area contributed by atoms with Crippen molar-refractivity contribution in [3.8, 4) is 0 Å². The zero-order chi connectivity index (χ0) is 13.3. The lowest BCUT2D eigenvalue weighted by molar-refractivity contribution is 0.622. The van der Waals surface area contributed by atoms with Crippen molar-refractivity contribution in [3.63, 3.8) is 0 Å². The van der Waals surface area contributed by atoms with Crippen LogP contribution in [0.2, 0.25) is 5.02 Å². The molecule has 94 valence electrons. The van der Waals surface area contributed by atoms with Gasteiger partial charge in [0.25, 0.3) is 0 Å². The summed E-state index contributed by atoms with van der Waals surface area (Å²) in [4.78, 5) is 0. The van der Waals surface area contributed by atoms with Gasteiger partial charge >= 0.3 is 0 Å². The Bertz CT molecular complexity index is 560. The third-order valence-corrected chi connectivity index (χ3v) is 3.22. The minimum atomic E-state index is -0.363. The SMILES string of the molecule is Cc1cc(Cl)cc(C(N)c2cc(F)ccc2C)c1. The Hall–Kier alpha value is -1.38. The molecule has 1 atom stereocenters. The van der Waals surface area contributed by atoms with Crippen LogP contribution in [0.5, 0.6) is 0 Å². The first kappa shape index (κ1) is 13.1. The molecule has 0 fully saturated rings. The van der Waals surface area contributed by atoms with E-state index in [4.69, 9.17) is 17.3 Å². The lowest BCUT2D eigenvalue weighted by Gasteiger charge is -2.16. The Morgan fingerprint density at radius 3 is 2.50 bits per heavy atom. The molecule has 0 saturated heterocycles. The summed E-state index contributed by atoms with van der Waals surface area (Å²) in [5.74, 6) is -0.273. The van der Waals surface area contributed by atoms with E-state index < -0.39 is 0 Å². The summed E-state index contributed by atoms with van der Waals surface area (Å²) in [5, 5.41) is 0.648. The van der Waals surface area contributed by atoms with E-state index in [-0.39, 0.29) is 11.9 Å². The number of hydrogen-bond acceptors (Lipinski definition) is 1. The number of benzene rings is 2. The summed E-state index contributed by atoms with van der Waals surface area (Å²) in [5.41, 5.74) is 9.90. The predicted octanol–water partition coefficient (Wildman–Crippen LogP) is 4.14. The quantitative estimate of drug-likeness (QED) is 0.866. The maximum Gasteiger partial charge on any atom is 0.123 e. The van der Waals surface area contributed by atoms with Gasteiger partial charge in [-0.1, -0.05) is 23.7 Å². The van der Waals surface area contributed by atoms with E-state index >= 15 is 0 Å². The maximum atomic E-state index is 13.3. The van der Waals surface area contributed by atoms with Crippen molar-refractivity contribution >= 4 is 11.6 Å². The molecule has 0 aliphatic carbocycles. The first-order valence-corrected chi connectivity index (χ1v) is 6.14. The molecule has 0 aromatic heterocycles. The van der Waals surface area contributed by atoms with Gasteiger partial charge in [0.1, 0.15) is 5.82 Å². The molecule has 2 aromatic rings. The third kappa shape index (κ3) is 2.71. The van der Waals surface area contributed by atoms with E-state index in [1.807, 2.05) is 32.0 Å². The molecule has 0 amide bonds. The van der Waals surface area contributed by atoms with Crippen LogP contribution in [-0.2, 0) is 0 Å². The number of halogens is 2. The lowest BCUT2D eigenvalue weighted by Crippen LogP contribution is -2.13. The molecule has 1 unspecified atom stereocenters. The Balaban J connectivity index is 2.47. The summed E-state index contributed by atoms with van der Waals surface area (Å²) in [7, 11) is 0. The normalized spacial score (nSPS) is 12.5. The van der Waals surface area contributed by atoms with Crippen LogP contribution in [0, 0.1) is 19.7 Å². The highest BCUT2D eigenvalue weighted by atomic mass is 35.5. The molecule has 2 aromatic carbocycles. The zero-order valence-electron chi connectivity index (χ0n) is 10.4. The van der Waals surface area contributed by atoms with Gasteiger partial charge in [-0.05, 0) is 60.4 Å². The van der Waals surface area contributed by atoms with Gasteiger partial charge in [0.15, 0.2) is 0 Å². The average molecular weight is 264 g/mol. The molecule has 0 heterocycles. The van der Waals surface area contributed by atoms with Crippen LogP contribution >= 0.6 is 11.6 Å². The summed E-state index contributed by atoms with van der Waals surface area (Å²) in [6.45, 7) is 3.88. The lowest BCUT2D eigenvalue weighted by atomic mass is 9.95. The second-order valence-electron chi connectivity index (χ2n) is 4.54. The molecule has 0 bridgehead atoms. The summed E-state index contributed by atoms with van der Waals surface area (Å²) in [6, 6.07) is 9.96. The second kappa shape index (κ2) is 5.09. The molecule has 3 heteroatoms. The molecular weight excluding hydrogens is 249 g/mol. The largest absolute Gasteiger partial charge is 0.320 e. The standard InChI is InChI=1S/C15H15ClFN/c1-9-5-11(7-12(16)6-9)15(18)14-8-13(17)4-3-10(14)2/h3-8,15H,18H2,1-2H3. The van der Waals surface area contributed by atoms with E-state index in [2.05, 4.69) is 0 Å². The van der Waals surface area contributed by atoms with Crippen LogP contribution < -0.4 is 5.73 Å². The highest BCUT2D eigenvalue weighted by Crippen LogP contribution is 2.26. The van der Waals surface area contributed by atoms with E-state index in [9.17, 15) is 4.39 Å². The van der Waals surface area contributed by atoms with Gasteiger partial charge in [0.05, 0.1) is 6.04 Å². The molecule has 2 N–H and O–H groups in total. The molecular formula is C15H15ClFN. The molecule has 1 nitrogen and oxygen atoms in total. The van der Waals surface area contributed by atoms with Crippen molar-refractivity contribution in [2.45, 2.75) is 19.9 Å². The van der Waals surface area contributed by atoms with Crippen molar-refractivity contribution in [1.29, 1.82) is 0 Å². The van der Waals surface area contributed by atoms with Crippen molar-refractivity contribution in [1.82, 2.24) is 0 Å². The van der Waals surface area contributed by atoms with Crippen molar-refractivity contribution < 1.29 is 4.39 Å². The molecule has 0 aliphatic heterocycles. The van der Waals surface area contributed by atoms with Gasteiger partial charge in [-0.15, -0.1) is 0 Å². The summed E-state index contributed by atoms with van der Waals surface area (Å²) < 4.78 is 13.3. The van der Waals surface area contributed by atoms with Gasteiger partial charge in [-0.25, -0.2) is 4.39 Å². The number of rotatable bonds is 2. The monoisotopic (exact) mass is 263 g/mol. The maximum absolute atomic E-state index is 13.3. The third-order valence-electron chi connectivity index (χ3n) is 3.00. The minimum Gasteiger partial charge on any atom is -0.320 e. The Morgan fingerprint density at radius 2 is 1.83 bits per heavy atom. The van der Waals surface area contributed by atoms with E-state index in [1.54, 1.807) is 6.07 Å². The van der Waals surface area contributed by atoms with Crippen LogP contribution in [0.1, 0.15) is 28.3 Å². The zero-order valence-corrected chi connectivity index (χ0v) is 11.1. The number of nitrogens with two attached hydrogens (primary N) is 1. The average Bonchev–Trinajstić information content (AvgIpc) is 2.30. The Kier molecular flexibility index (Phi) is 3.69.